The lowest BCUT2D eigenvalue weighted by molar-refractivity contribution is -0.0498. The molecule has 0 spiro atoms. The molecule has 0 unspecified atom stereocenters. The van der Waals surface area contributed by atoms with Crippen LogP contribution in [0, 0.1) is 5.92 Å². The van der Waals surface area contributed by atoms with Crippen LogP contribution in [-0.4, -0.2) is 84.4 Å². The fraction of sp³-hybridized carbons (Fsp3) is 0.550. The smallest absolute Gasteiger partial charge is 0.386 e. The number of imidazole rings is 1. The molecule has 228 valence electrons. The summed E-state index contributed by atoms with van der Waals surface area (Å²) in [6.07, 6.45) is -4.61. The van der Waals surface area contributed by atoms with Crippen LogP contribution in [0.15, 0.2) is 29.7 Å². The zero-order chi connectivity index (χ0) is 29.8. The summed E-state index contributed by atoms with van der Waals surface area (Å²) in [7, 11) is 0. The maximum atomic E-state index is 15.6. The number of aromatic nitrogens is 6. The Morgan fingerprint density at radius 1 is 1.17 bits per heavy atom. The summed E-state index contributed by atoms with van der Waals surface area (Å²) in [6, 6.07) is 0.685. The first-order valence-electron chi connectivity index (χ1n) is 12.4. The van der Waals surface area contributed by atoms with E-state index in [1.54, 1.807) is 6.07 Å². The third-order valence-electron chi connectivity index (χ3n) is 7.04. The second kappa shape index (κ2) is 11.4. The van der Waals surface area contributed by atoms with Crippen LogP contribution >= 0.6 is 38.1 Å². The number of ether oxygens (including phenoxy) is 1. The van der Waals surface area contributed by atoms with Gasteiger partial charge in [0.1, 0.15) is 42.7 Å². The topological polar surface area (TPSA) is 228 Å². The predicted molar refractivity (Wildman–Crippen MR) is 150 cm³/mol. The number of H-pyrrole nitrogens is 1. The molecule has 2 saturated heterocycles. The molecular weight excluding hydrogens is 641 g/mol. The summed E-state index contributed by atoms with van der Waals surface area (Å²) >= 11 is 8.09. The molecule has 6 rings (SSSR count). The Labute approximate surface area is 246 Å². The molecule has 0 radical (unpaired) electrons. The van der Waals surface area contributed by atoms with Crippen LogP contribution in [0.3, 0.4) is 0 Å². The van der Waals surface area contributed by atoms with E-state index in [0.29, 0.717) is 5.82 Å². The Kier molecular flexibility index (Phi) is 8.14. The summed E-state index contributed by atoms with van der Waals surface area (Å²) in [5.74, 6) is -0.674. The molecule has 17 nitrogen and oxygen atoms in total. The number of aliphatic hydroxyl groups excluding tert-OH is 1. The SMILES string of the molecule is Nc1nc2c(ncn2[C@@H]2O[C@@H]3CO[P@](=O)(S)O[C@@H]4[C@@H](CO[P@](=O)(S)O[C@@H]2[C@@H]3O)C[C@@H](Nc2ccncn2)[C@H]4F)c(=O)[nH]1. The molecule has 0 aromatic carbocycles. The highest BCUT2D eigenvalue weighted by Crippen LogP contribution is 2.60. The Bertz CT molecular complexity index is 1620. The van der Waals surface area contributed by atoms with Crippen LogP contribution in [0.5, 0.6) is 0 Å². The first-order valence-corrected chi connectivity index (χ1v) is 17.8. The summed E-state index contributed by atoms with van der Waals surface area (Å²) < 4.78 is 71.6. The molecule has 10 atom stereocenters. The molecule has 5 N–H and O–H groups in total. The van der Waals surface area contributed by atoms with Crippen molar-refractivity contribution in [2.45, 2.75) is 49.3 Å². The van der Waals surface area contributed by atoms with Gasteiger partial charge in [-0.2, -0.15) is 4.98 Å². The van der Waals surface area contributed by atoms with Crippen molar-refractivity contribution in [1.82, 2.24) is 29.5 Å². The molecule has 2 bridgehead atoms. The summed E-state index contributed by atoms with van der Waals surface area (Å²) in [4.78, 5) is 30.5. The van der Waals surface area contributed by atoms with Gasteiger partial charge in [-0.15, -0.1) is 0 Å². The quantitative estimate of drug-likeness (QED) is 0.172. The van der Waals surface area contributed by atoms with Gasteiger partial charge in [-0.1, -0.05) is 24.5 Å². The van der Waals surface area contributed by atoms with Gasteiger partial charge in [0.25, 0.3) is 5.56 Å². The van der Waals surface area contributed by atoms with Crippen molar-refractivity contribution >= 4 is 61.0 Å². The Balaban J connectivity index is 1.29. The van der Waals surface area contributed by atoms with E-state index in [1.165, 1.54) is 23.4 Å². The van der Waals surface area contributed by atoms with Crippen LogP contribution in [0.4, 0.5) is 16.2 Å². The highest BCUT2D eigenvalue weighted by atomic mass is 32.7. The number of nitrogen functional groups attached to an aromatic ring is 1. The Hall–Kier alpha value is -2.12. The van der Waals surface area contributed by atoms with Gasteiger partial charge in [0, 0.05) is 12.1 Å². The number of nitrogens with one attached hydrogen (secondary N) is 2. The molecule has 1 saturated carbocycles. The van der Waals surface area contributed by atoms with E-state index in [4.69, 9.17) is 28.6 Å². The van der Waals surface area contributed by atoms with E-state index < -0.39 is 81.1 Å². The van der Waals surface area contributed by atoms with E-state index in [-0.39, 0.29) is 23.5 Å². The standard InChI is InChI=1S/C20H25FN8O9P2S2/c21-12-9(26-11-1-2-23-6-24-11)3-8-4-34-39(32,41)38-16-14(30)10(5-35-40(33,42)37-15(8)12)36-19(16)29-7-25-13-17(29)27-20(22)28-18(13)31/h1-2,6-10,12,14-16,19,30H,3-5H2,(H,32,41)(H,33,42)(H,23,24,26)(H3,22,27,28,31)/t8-,9-,10-,12-,14-,15-,16-,19-,39+,40+/m1/s1. The number of nitrogens with two attached hydrogens (primary N) is 1. The predicted octanol–water partition coefficient (Wildman–Crippen LogP) is 1.48. The van der Waals surface area contributed by atoms with Crippen molar-refractivity contribution in [2.75, 3.05) is 24.3 Å². The van der Waals surface area contributed by atoms with Gasteiger partial charge in [0.2, 0.25) is 5.95 Å². The molecule has 3 fully saturated rings. The minimum absolute atomic E-state index is 0.0205. The van der Waals surface area contributed by atoms with Gasteiger partial charge in [0.05, 0.1) is 25.6 Å². The van der Waals surface area contributed by atoms with Crippen LogP contribution in [0.2, 0.25) is 0 Å². The summed E-state index contributed by atoms with van der Waals surface area (Å²) in [5.41, 5.74) is 4.95. The minimum Gasteiger partial charge on any atom is -0.387 e. The van der Waals surface area contributed by atoms with Gasteiger partial charge in [0.15, 0.2) is 17.4 Å². The monoisotopic (exact) mass is 666 g/mol. The number of hydrogen-bond acceptors (Lipinski definition) is 15. The average molecular weight is 667 g/mol. The Morgan fingerprint density at radius 2 is 1.90 bits per heavy atom. The van der Waals surface area contributed by atoms with Crippen molar-refractivity contribution in [1.29, 1.82) is 0 Å². The normalized spacial score (nSPS) is 39.2. The molecule has 5 heterocycles. The Morgan fingerprint density at radius 3 is 2.64 bits per heavy atom. The maximum absolute atomic E-state index is 15.6. The highest BCUT2D eigenvalue weighted by Gasteiger charge is 2.52. The van der Waals surface area contributed by atoms with Gasteiger partial charge >= 0.3 is 13.6 Å². The third kappa shape index (κ3) is 5.97. The lowest BCUT2D eigenvalue weighted by atomic mass is 10.1. The fourth-order valence-electron chi connectivity index (χ4n) is 5.14. The second-order valence-corrected chi connectivity index (χ2v) is 15.5. The van der Waals surface area contributed by atoms with E-state index >= 15 is 4.39 Å². The zero-order valence-electron chi connectivity index (χ0n) is 21.2. The van der Waals surface area contributed by atoms with Crippen molar-refractivity contribution in [3.05, 3.63) is 35.3 Å². The van der Waals surface area contributed by atoms with Gasteiger partial charge in [-0.25, -0.2) is 28.5 Å². The van der Waals surface area contributed by atoms with E-state index in [2.05, 4.69) is 54.7 Å². The molecule has 3 aromatic rings. The number of hydrogen-bond donors (Lipinski definition) is 6. The van der Waals surface area contributed by atoms with Crippen LogP contribution in [0.25, 0.3) is 11.2 Å². The van der Waals surface area contributed by atoms with Gasteiger partial charge < -0.3 is 25.4 Å². The molecule has 22 heteroatoms. The summed E-state index contributed by atoms with van der Waals surface area (Å²) in [5, 5.41) is 14.0. The van der Waals surface area contributed by atoms with E-state index in [9.17, 15) is 19.0 Å². The van der Waals surface area contributed by atoms with Crippen LogP contribution < -0.4 is 16.6 Å². The number of thiol groups is 2. The number of halogens is 1. The molecule has 3 aliphatic rings. The number of aromatic amines is 1. The van der Waals surface area contributed by atoms with E-state index in [0.717, 1.165) is 0 Å². The van der Waals surface area contributed by atoms with Crippen LogP contribution in [-0.2, 0) is 32.0 Å². The molecule has 1 aliphatic carbocycles. The molecule has 3 aromatic heterocycles. The number of fused-ring (bicyclic) bond motifs is 4. The van der Waals surface area contributed by atoms with Gasteiger partial charge in [-0.3, -0.25) is 27.9 Å². The van der Waals surface area contributed by atoms with Crippen molar-refractivity contribution in [3.8, 4) is 0 Å². The molecular formula is C20H25FN8O9P2S2. The number of rotatable bonds is 3. The summed E-state index contributed by atoms with van der Waals surface area (Å²) in [6.45, 7) is -9.50. The average Bonchev–Trinajstić information content (AvgIpc) is 3.57. The number of nitrogens with zero attached hydrogens (tertiary/aromatic N) is 5. The zero-order valence-corrected chi connectivity index (χ0v) is 24.8. The van der Waals surface area contributed by atoms with Crippen molar-refractivity contribution < 1.29 is 41.5 Å². The highest BCUT2D eigenvalue weighted by molar-refractivity contribution is 8.44. The molecule has 0 amide bonds. The molecule has 42 heavy (non-hydrogen) atoms. The van der Waals surface area contributed by atoms with E-state index in [1.807, 2.05) is 0 Å². The lowest BCUT2D eigenvalue weighted by Gasteiger charge is -2.27. The van der Waals surface area contributed by atoms with Gasteiger partial charge in [-0.05, 0) is 12.5 Å². The second-order valence-electron chi connectivity index (χ2n) is 9.79. The number of alkyl halides is 1. The first kappa shape index (κ1) is 29.9. The number of anilines is 2. The fourth-order valence-corrected chi connectivity index (χ4v) is 8.16. The third-order valence-corrected chi connectivity index (χ3v) is 10.3. The lowest BCUT2D eigenvalue weighted by Crippen LogP contribution is -2.35. The number of aliphatic hydroxyl groups is 1. The molecule has 2 aliphatic heterocycles. The largest absolute Gasteiger partial charge is 0.387 e. The van der Waals surface area contributed by atoms with Crippen LogP contribution in [0.1, 0.15) is 12.6 Å². The maximum Gasteiger partial charge on any atom is 0.386 e. The van der Waals surface area contributed by atoms with Crippen molar-refractivity contribution in [3.63, 3.8) is 0 Å². The minimum atomic E-state index is -4.28. The first-order chi connectivity index (χ1) is 19.9. The van der Waals surface area contributed by atoms with Crippen molar-refractivity contribution in [2.24, 2.45) is 5.92 Å².